The van der Waals surface area contributed by atoms with Gasteiger partial charge in [0.15, 0.2) is 0 Å². The molecule has 108 valence electrons. The highest BCUT2D eigenvalue weighted by Gasteiger charge is 2.12. The van der Waals surface area contributed by atoms with Gasteiger partial charge in [-0.1, -0.05) is 26.8 Å². The molecule has 0 fully saturated rings. The van der Waals surface area contributed by atoms with Gasteiger partial charge in [0, 0.05) is 0 Å². The largest absolute Gasteiger partial charge is 0.496 e. The first-order valence-electron chi connectivity index (χ1n) is 7.09. The molecule has 0 amide bonds. The molecule has 1 rings (SSSR count). The predicted molar refractivity (Wildman–Crippen MR) is 85.9 cm³/mol. The molecule has 0 radical (unpaired) electrons. The van der Waals surface area contributed by atoms with Gasteiger partial charge in [0.05, 0.1) is 11.6 Å². The topological polar surface area (TPSA) is 21.3 Å². The van der Waals surface area contributed by atoms with Crippen LogP contribution in [0.5, 0.6) is 5.75 Å². The first-order valence-corrected chi connectivity index (χ1v) is 7.89. The van der Waals surface area contributed by atoms with E-state index in [1.54, 1.807) is 7.11 Å². The molecule has 0 saturated heterocycles. The summed E-state index contributed by atoms with van der Waals surface area (Å²) >= 11 is 3.56. The van der Waals surface area contributed by atoms with E-state index in [-0.39, 0.29) is 0 Å². The van der Waals surface area contributed by atoms with Crippen molar-refractivity contribution in [2.24, 2.45) is 11.8 Å². The van der Waals surface area contributed by atoms with E-state index in [9.17, 15) is 0 Å². The maximum absolute atomic E-state index is 5.28. The predicted octanol–water partition coefficient (Wildman–Crippen LogP) is 4.27. The number of hydrogen-bond acceptors (Lipinski definition) is 2. The van der Waals surface area contributed by atoms with Gasteiger partial charge in [0.1, 0.15) is 5.75 Å². The smallest absolute Gasteiger partial charge is 0.133 e. The molecular weight excluding hydrogens is 302 g/mol. The van der Waals surface area contributed by atoms with E-state index >= 15 is 0 Å². The summed E-state index contributed by atoms with van der Waals surface area (Å²) in [5.74, 6) is 2.33. The Kier molecular flexibility index (Phi) is 7.47. The van der Waals surface area contributed by atoms with E-state index in [0.717, 1.165) is 35.7 Å². The average Bonchev–Trinajstić information content (AvgIpc) is 2.35. The van der Waals surface area contributed by atoms with Crippen LogP contribution in [0.4, 0.5) is 0 Å². The lowest BCUT2D eigenvalue weighted by Crippen LogP contribution is -2.25. The molecule has 1 aromatic rings. The third-order valence-corrected chi connectivity index (χ3v) is 3.85. The lowest BCUT2D eigenvalue weighted by atomic mass is 9.91. The van der Waals surface area contributed by atoms with E-state index in [2.05, 4.69) is 54.2 Å². The van der Waals surface area contributed by atoms with Gasteiger partial charge in [-0.05, 0) is 71.4 Å². The fourth-order valence-electron chi connectivity index (χ4n) is 2.42. The van der Waals surface area contributed by atoms with Crippen molar-refractivity contribution in [2.45, 2.75) is 33.6 Å². The fraction of sp³-hybridized carbons (Fsp3) is 0.625. The Hall–Kier alpha value is -0.540. The second-order valence-corrected chi connectivity index (χ2v) is 6.33. The number of ether oxygens (including phenoxy) is 1. The summed E-state index contributed by atoms with van der Waals surface area (Å²) in [6, 6.07) is 6.39. The Bertz CT molecular complexity index is 379. The SMILES string of the molecule is CCNCC(Cc1ccc(OC)c(Br)c1)CC(C)C. The van der Waals surface area contributed by atoms with E-state index in [1.165, 1.54) is 12.0 Å². The Balaban J connectivity index is 2.69. The minimum atomic E-state index is 0.695. The van der Waals surface area contributed by atoms with Gasteiger partial charge >= 0.3 is 0 Å². The van der Waals surface area contributed by atoms with Gasteiger partial charge in [-0.25, -0.2) is 0 Å². The number of rotatable bonds is 8. The van der Waals surface area contributed by atoms with Gasteiger partial charge < -0.3 is 10.1 Å². The van der Waals surface area contributed by atoms with Crippen LogP contribution in [0.3, 0.4) is 0 Å². The molecule has 0 aliphatic heterocycles. The first kappa shape index (κ1) is 16.5. The number of benzene rings is 1. The van der Waals surface area contributed by atoms with Crippen molar-refractivity contribution >= 4 is 15.9 Å². The van der Waals surface area contributed by atoms with Crippen molar-refractivity contribution in [3.05, 3.63) is 28.2 Å². The lowest BCUT2D eigenvalue weighted by molar-refractivity contribution is 0.387. The summed E-state index contributed by atoms with van der Waals surface area (Å²) in [5, 5.41) is 3.47. The molecule has 0 aliphatic rings. The van der Waals surface area contributed by atoms with Crippen LogP contribution >= 0.6 is 15.9 Å². The van der Waals surface area contributed by atoms with Crippen molar-refractivity contribution in [3.63, 3.8) is 0 Å². The summed E-state index contributed by atoms with van der Waals surface area (Å²) in [4.78, 5) is 0. The second kappa shape index (κ2) is 8.60. The van der Waals surface area contributed by atoms with Crippen LogP contribution in [0.1, 0.15) is 32.8 Å². The standard InChI is InChI=1S/C16H26BrNO/c1-5-18-11-14(8-12(2)3)9-13-6-7-16(19-4)15(17)10-13/h6-7,10,12,14,18H,5,8-9,11H2,1-4H3. The maximum atomic E-state index is 5.28. The van der Waals surface area contributed by atoms with Crippen molar-refractivity contribution in [1.82, 2.24) is 5.32 Å². The molecule has 0 saturated carbocycles. The van der Waals surface area contributed by atoms with Crippen molar-refractivity contribution in [1.29, 1.82) is 0 Å². The Morgan fingerprint density at radius 2 is 2.05 bits per heavy atom. The van der Waals surface area contributed by atoms with Crippen LogP contribution in [0.2, 0.25) is 0 Å². The summed E-state index contributed by atoms with van der Waals surface area (Å²) in [7, 11) is 1.70. The van der Waals surface area contributed by atoms with Crippen LogP contribution in [0.25, 0.3) is 0 Å². The van der Waals surface area contributed by atoms with E-state index < -0.39 is 0 Å². The number of nitrogens with one attached hydrogen (secondary N) is 1. The third-order valence-electron chi connectivity index (χ3n) is 3.23. The number of hydrogen-bond donors (Lipinski definition) is 1. The molecule has 0 heterocycles. The Morgan fingerprint density at radius 1 is 1.32 bits per heavy atom. The van der Waals surface area contributed by atoms with Gasteiger partial charge in [-0.3, -0.25) is 0 Å². The molecule has 0 aromatic heterocycles. The fourth-order valence-corrected chi connectivity index (χ4v) is 3.01. The summed E-state index contributed by atoms with van der Waals surface area (Å²) < 4.78 is 6.32. The van der Waals surface area contributed by atoms with Gasteiger partial charge in [0.2, 0.25) is 0 Å². The molecule has 1 aromatic carbocycles. The van der Waals surface area contributed by atoms with Crippen LogP contribution in [0.15, 0.2) is 22.7 Å². The zero-order valence-corrected chi connectivity index (χ0v) is 14.1. The van der Waals surface area contributed by atoms with Crippen LogP contribution in [0, 0.1) is 11.8 Å². The van der Waals surface area contributed by atoms with Crippen molar-refractivity contribution < 1.29 is 4.74 Å². The summed E-state index contributed by atoms with van der Waals surface area (Å²) in [5.41, 5.74) is 1.37. The molecule has 0 aliphatic carbocycles. The Morgan fingerprint density at radius 3 is 2.58 bits per heavy atom. The monoisotopic (exact) mass is 327 g/mol. The van der Waals surface area contributed by atoms with E-state index in [1.807, 2.05) is 6.07 Å². The molecule has 1 unspecified atom stereocenters. The minimum Gasteiger partial charge on any atom is -0.496 e. The molecule has 19 heavy (non-hydrogen) atoms. The molecule has 1 N–H and O–H groups in total. The maximum Gasteiger partial charge on any atom is 0.133 e. The van der Waals surface area contributed by atoms with Crippen LogP contribution in [-0.2, 0) is 6.42 Å². The number of halogens is 1. The first-order chi connectivity index (χ1) is 9.06. The molecule has 2 nitrogen and oxygen atoms in total. The molecule has 1 atom stereocenters. The van der Waals surface area contributed by atoms with Crippen molar-refractivity contribution in [3.8, 4) is 5.75 Å². The second-order valence-electron chi connectivity index (χ2n) is 5.48. The summed E-state index contributed by atoms with van der Waals surface area (Å²) in [6.45, 7) is 8.89. The third kappa shape index (κ3) is 5.96. The average molecular weight is 328 g/mol. The highest BCUT2D eigenvalue weighted by atomic mass is 79.9. The van der Waals surface area contributed by atoms with Crippen LogP contribution in [-0.4, -0.2) is 20.2 Å². The van der Waals surface area contributed by atoms with E-state index in [4.69, 9.17) is 4.74 Å². The molecular formula is C16H26BrNO. The van der Waals surface area contributed by atoms with Gasteiger partial charge in [-0.15, -0.1) is 0 Å². The lowest BCUT2D eigenvalue weighted by Gasteiger charge is -2.20. The quantitative estimate of drug-likeness (QED) is 0.769. The van der Waals surface area contributed by atoms with Gasteiger partial charge in [0.25, 0.3) is 0 Å². The summed E-state index contributed by atoms with van der Waals surface area (Å²) in [6.07, 6.45) is 2.38. The zero-order chi connectivity index (χ0) is 14.3. The van der Waals surface area contributed by atoms with Gasteiger partial charge in [-0.2, -0.15) is 0 Å². The van der Waals surface area contributed by atoms with E-state index in [0.29, 0.717) is 5.92 Å². The highest BCUT2D eigenvalue weighted by molar-refractivity contribution is 9.10. The normalized spacial score (nSPS) is 12.7. The Labute approximate surface area is 126 Å². The molecule has 0 spiro atoms. The molecule has 0 bridgehead atoms. The highest BCUT2D eigenvalue weighted by Crippen LogP contribution is 2.27. The zero-order valence-electron chi connectivity index (χ0n) is 12.5. The number of methoxy groups -OCH3 is 1. The molecule has 3 heteroatoms. The minimum absolute atomic E-state index is 0.695. The van der Waals surface area contributed by atoms with Crippen LogP contribution < -0.4 is 10.1 Å². The van der Waals surface area contributed by atoms with Crippen molar-refractivity contribution in [2.75, 3.05) is 20.2 Å².